The second-order valence-corrected chi connectivity index (χ2v) is 4.48. The zero-order valence-electron chi connectivity index (χ0n) is 10.8. The van der Waals surface area contributed by atoms with Gasteiger partial charge in [0.15, 0.2) is 0 Å². The van der Waals surface area contributed by atoms with Gasteiger partial charge in [-0.25, -0.2) is 6.57 Å². The highest BCUT2D eigenvalue weighted by Gasteiger charge is 2.33. The van der Waals surface area contributed by atoms with Crippen molar-refractivity contribution in [2.45, 2.75) is 18.9 Å². The average Bonchev–Trinajstić information content (AvgIpc) is 2.46. The molecule has 0 spiro atoms. The summed E-state index contributed by atoms with van der Waals surface area (Å²) in [5.41, 5.74) is 2.01. The Morgan fingerprint density at radius 2 is 1.37 bits per heavy atom. The fraction of sp³-hybridized carbons (Fsp3) is 0.176. The van der Waals surface area contributed by atoms with Gasteiger partial charge in [-0.05, 0) is 11.1 Å². The van der Waals surface area contributed by atoms with Crippen LogP contribution in [0.25, 0.3) is 4.85 Å². The van der Waals surface area contributed by atoms with Crippen LogP contribution in [0.5, 0.6) is 0 Å². The van der Waals surface area contributed by atoms with Crippen LogP contribution in [-0.4, -0.2) is 11.8 Å². The number of rotatable bonds is 4. The second kappa shape index (κ2) is 5.97. The maximum Gasteiger partial charge on any atom is 0.291 e. The number of benzene rings is 2. The summed E-state index contributed by atoms with van der Waals surface area (Å²) in [6.45, 7) is 8.81. The quantitative estimate of drug-likeness (QED) is 0.757. The van der Waals surface area contributed by atoms with E-state index in [1.807, 2.05) is 60.7 Å². The molecule has 0 saturated heterocycles. The monoisotopic (exact) mass is 249 g/mol. The second-order valence-electron chi connectivity index (χ2n) is 4.48. The standard InChI is InChI=1S/C17H15NO/c1-13(19)17(18-2)16(14-9-5-3-6-10-14)15-11-7-4-8-12-15/h3-12,16-17H,1H3. The molecule has 0 bridgehead atoms. The lowest BCUT2D eigenvalue weighted by Gasteiger charge is -2.18. The molecule has 1 unspecified atom stereocenters. The number of carbonyl (C=O) groups excluding carboxylic acids is 1. The molecule has 2 aromatic carbocycles. The van der Waals surface area contributed by atoms with Crippen LogP contribution < -0.4 is 0 Å². The summed E-state index contributed by atoms with van der Waals surface area (Å²) in [6, 6.07) is 18.8. The summed E-state index contributed by atoms with van der Waals surface area (Å²) in [5, 5.41) is 0. The topological polar surface area (TPSA) is 21.4 Å². The lowest BCUT2D eigenvalue weighted by Crippen LogP contribution is -2.23. The zero-order chi connectivity index (χ0) is 13.7. The van der Waals surface area contributed by atoms with Gasteiger partial charge in [-0.2, -0.15) is 0 Å². The van der Waals surface area contributed by atoms with Gasteiger partial charge in [0, 0.05) is 6.92 Å². The maximum absolute atomic E-state index is 11.7. The van der Waals surface area contributed by atoms with Crippen molar-refractivity contribution in [3.8, 4) is 0 Å². The highest BCUT2D eigenvalue weighted by atomic mass is 16.1. The van der Waals surface area contributed by atoms with Crippen molar-refractivity contribution in [2.75, 3.05) is 0 Å². The first kappa shape index (κ1) is 13.0. The Balaban J connectivity index is 2.52. The van der Waals surface area contributed by atoms with Crippen LogP contribution in [0.15, 0.2) is 60.7 Å². The normalized spacial score (nSPS) is 11.8. The molecule has 0 aliphatic carbocycles. The first-order valence-corrected chi connectivity index (χ1v) is 6.21. The molecule has 94 valence electrons. The van der Waals surface area contributed by atoms with Crippen molar-refractivity contribution in [3.63, 3.8) is 0 Å². The van der Waals surface area contributed by atoms with Crippen molar-refractivity contribution in [3.05, 3.63) is 83.2 Å². The van der Waals surface area contributed by atoms with E-state index in [4.69, 9.17) is 6.57 Å². The molecule has 1 atom stereocenters. The molecule has 0 heterocycles. The smallest absolute Gasteiger partial charge is 0.291 e. The molecule has 0 fully saturated rings. The first-order chi connectivity index (χ1) is 9.24. The van der Waals surface area contributed by atoms with E-state index in [1.54, 1.807) is 0 Å². The Morgan fingerprint density at radius 3 is 1.68 bits per heavy atom. The molecule has 0 aliphatic heterocycles. The van der Waals surface area contributed by atoms with Crippen LogP contribution >= 0.6 is 0 Å². The summed E-state index contributed by atoms with van der Waals surface area (Å²) < 4.78 is 0. The third kappa shape index (κ3) is 2.89. The minimum atomic E-state index is -0.662. The molecule has 2 nitrogen and oxygen atoms in total. The Hall–Kier alpha value is -2.40. The molecule has 0 amide bonds. The van der Waals surface area contributed by atoms with Crippen LogP contribution in [0.1, 0.15) is 24.0 Å². The summed E-state index contributed by atoms with van der Waals surface area (Å²) in [5.74, 6) is -0.287. The number of Topliss-reactive ketones (excluding diaryl/α,β-unsaturated/α-hetero) is 1. The fourth-order valence-corrected chi connectivity index (χ4v) is 2.28. The SMILES string of the molecule is [C-]#[N+]C(C(C)=O)C(c1ccccc1)c1ccccc1. The third-order valence-corrected chi connectivity index (χ3v) is 3.19. The number of hydrogen-bond acceptors (Lipinski definition) is 1. The van der Waals surface area contributed by atoms with Crippen molar-refractivity contribution < 1.29 is 4.79 Å². The molecule has 0 aromatic heterocycles. The van der Waals surface area contributed by atoms with E-state index in [9.17, 15) is 4.79 Å². The average molecular weight is 249 g/mol. The van der Waals surface area contributed by atoms with Crippen molar-refractivity contribution in [1.82, 2.24) is 0 Å². The van der Waals surface area contributed by atoms with Crippen LogP contribution in [0, 0.1) is 6.57 Å². The molecular formula is C17H15NO. The Labute approximate surface area is 113 Å². The summed E-state index contributed by atoms with van der Waals surface area (Å²) in [6.07, 6.45) is 0. The fourth-order valence-electron chi connectivity index (χ4n) is 2.28. The lowest BCUT2D eigenvalue weighted by molar-refractivity contribution is -0.117. The van der Waals surface area contributed by atoms with Crippen LogP contribution in [0.4, 0.5) is 0 Å². The number of ketones is 1. The van der Waals surface area contributed by atoms with E-state index in [0.29, 0.717) is 0 Å². The molecule has 2 aromatic rings. The van der Waals surface area contributed by atoms with Gasteiger partial charge >= 0.3 is 0 Å². The van der Waals surface area contributed by atoms with E-state index in [-0.39, 0.29) is 11.7 Å². The minimum absolute atomic E-state index is 0.0901. The maximum atomic E-state index is 11.7. The highest BCUT2D eigenvalue weighted by Crippen LogP contribution is 2.30. The molecule has 0 aliphatic rings. The van der Waals surface area contributed by atoms with Crippen molar-refractivity contribution in [1.29, 1.82) is 0 Å². The number of nitrogens with zero attached hydrogens (tertiary/aromatic N) is 1. The zero-order valence-corrected chi connectivity index (χ0v) is 10.8. The van der Waals surface area contributed by atoms with Gasteiger partial charge in [0.05, 0.1) is 5.92 Å². The molecular weight excluding hydrogens is 234 g/mol. The van der Waals surface area contributed by atoms with Gasteiger partial charge in [-0.1, -0.05) is 60.7 Å². The van der Waals surface area contributed by atoms with E-state index < -0.39 is 6.04 Å². The third-order valence-electron chi connectivity index (χ3n) is 3.19. The van der Waals surface area contributed by atoms with E-state index in [2.05, 4.69) is 4.85 Å². The largest absolute Gasteiger partial charge is 0.304 e. The Morgan fingerprint density at radius 1 is 0.947 bits per heavy atom. The summed E-state index contributed by atoms with van der Waals surface area (Å²) >= 11 is 0. The molecule has 2 heteroatoms. The Kier molecular flexibility index (Phi) is 4.10. The van der Waals surface area contributed by atoms with E-state index >= 15 is 0 Å². The molecule has 0 radical (unpaired) electrons. The highest BCUT2D eigenvalue weighted by molar-refractivity contribution is 5.85. The van der Waals surface area contributed by atoms with Crippen LogP contribution in [0.2, 0.25) is 0 Å². The Bertz CT molecular complexity index is 544. The van der Waals surface area contributed by atoms with Crippen LogP contribution in [-0.2, 0) is 4.79 Å². The number of carbonyl (C=O) groups is 1. The minimum Gasteiger partial charge on any atom is -0.304 e. The van der Waals surface area contributed by atoms with Gasteiger partial charge in [0.1, 0.15) is 0 Å². The van der Waals surface area contributed by atoms with E-state index in [0.717, 1.165) is 11.1 Å². The predicted octanol–water partition coefficient (Wildman–Crippen LogP) is 3.70. The van der Waals surface area contributed by atoms with Crippen LogP contribution in [0.3, 0.4) is 0 Å². The van der Waals surface area contributed by atoms with Crippen molar-refractivity contribution >= 4 is 5.78 Å². The number of hydrogen-bond donors (Lipinski definition) is 0. The summed E-state index contributed by atoms with van der Waals surface area (Å²) in [7, 11) is 0. The van der Waals surface area contributed by atoms with Gasteiger partial charge in [-0.3, -0.25) is 4.79 Å². The lowest BCUT2D eigenvalue weighted by atomic mass is 9.84. The molecule has 19 heavy (non-hydrogen) atoms. The van der Waals surface area contributed by atoms with Gasteiger partial charge in [-0.15, -0.1) is 0 Å². The molecule has 0 saturated carbocycles. The summed E-state index contributed by atoms with van der Waals surface area (Å²) in [4.78, 5) is 15.3. The van der Waals surface area contributed by atoms with E-state index in [1.165, 1.54) is 6.92 Å². The van der Waals surface area contributed by atoms with Gasteiger partial charge < -0.3 is 4.85 Å². The van der Waals surface area contributed by atoms with Crippen molar-refractivity contribution in [2.24, 2.45) is 0 Å². The molecule has 0 N–H and O–H groups in total. The van der Waals surface area contributed by atoms with Gasteiger partial charge in [0.2, 0.25) is 5.78 Å². The van der Waals surface area contributed by atoms with Gasteiger partial charge in [0.25, 0.3) is 6.04 Å². The first-order valence-electron chi connectivity index (χ1n) is 6.21. The predicted molar refractivity (Wildman–Crippen MR) is 75.8 cm³/mol. The molecule has 2 rings (SSSR count).